The minimum absolute atomic E-state index is 0.178. The zero-order valence-corrected chi connectivity index (χ0v) is 19.4. The van der Waals surface area contributed by atoms with Gasteiger partial charge in [0, 0.05) is 37.3 Å². The van der Waals surface area contributed by atoms with Crippen molar-refractivity contribution in [1.82, 2.24) is 19.3 Å². The first-order chi connectivity index (χ1) is 15.0. The molecule has 10 heteroatoms. The number of hydrogen-bond acceptors (Lipinski definition) is 7. The van der Waals surface area contributed by atoms with E-state index >= 15 is 0 Å². The van der Waals surface area contributed by atoms with E-state index in [9.17, 15) is 9.59 Å². The normalized spacial score (nSPS) is 12.7. The molecule has 0 radical (unpaired) electrons. The third-order valence-electron chi connectivity index (χ3n) is 5.30. The van der Waals surface area contributed by atoms with Gasteiger partial charge in [0.1, 0.15) is 10.8 Å². The van der Waals surface area contributed by atoms with Crippen LogP contribution in [0.5, 0.6) is 0 Å². The molecule has 0 aliphatic heterocycles. The monoisotopic (exact) mass is 459 g/mol. The highest BCUT2D eigenvalue weighted by Crippen LogP contribution is 2.39. The predicted octanol–water partition coefficient (Wildman–Crippen LogP) is 3.20. The molecule has 0 bridgehead atoms. The third kappa shape index (κ3) is 4.54. The van der Waals surface area contributed by atoms with Crippen molar-refractivity contribution >= 4 is 40.0 Å². The molecule has 4 rings (SSSR count). The second-order valence-corrected chi connectivity index (χ2v) is 9.41. The molecule has 0 aromatic carbocycles. The predicted molar refractivity (Wildman–Crippen MR) is 121 cm³/mol. The fourth-order valence-electron chi connectivity index (χ4n) is 3.67. The first-order valence-corrected chi connectivity index (χ1v) is 12.0. The lowest BCUT2D eigenvalue weighted by atomic mass is 10.1. The molecule has 8 nitrogen and oxygen atoms in total. The van der Waals surface area contributed by atoms with Crippen molar-refractivity contribution in [2.24, 2.45) is 14.1 Å². The lowest BCUT2D eigenvalue weighted by Gasteiger charge is -2.08. The molecule has 164 valence electrons. The van der Waals surface area contributed by atoms with Crippen LogP contribution >= 0.6 is 23.1 Å². The van der Waals surface area contributed by atoms with E-state index in [1.54, 1.807) is 6.92 Å². The summed E-state index contributed by atoms with van der Waals surface area (Å²) >= 11 is 2.81. The van der Waals surface area contributed by atoms with E-state index in [2.05, 4.69) is 26.1 Å². The van der Waals surface area contributed by atoms with Gasteiger partial charge in [-0.3, -0.25) is 4.79 Å². The zero-order chi connectivity index (χ0) is 22.0. The van der Waals surface area contributed by atoms with Crippen molar-refractivity contribution in [2.45, 2.75) is 37.8 Å². The zero-order valence-electron chi connectivity index (χ0n) is 17.8. The van der Waals surface area contributed by atoms with E-state index in [0.29, 0.717) is 28.7 Å². The fraction of sp³-hybridized carbons (Fsp3) is 0.429. The summed E-state index contributed by atoms with van der Waals surface area (Å²) < 4.78 is 9.18. The van der Waals surface area contributed by atoms with Crippen molar-refractivity contribution < 1.29 is 14.3 Å². The highest BCUT2D eigenvalue weighted by atomic mass is 32.2. The third-order valence-corrected chi connectivity index (χ3v) is 7.53. The Kier molecular flexibility index (Phi) is 6.47. The van der Waals surface area contributed by atoms with E-state index in [0.717, 1.165) is 36.3 Å². The molecule has 3 aromatic heterocycles. The maximum atomic E-state index is 12.6. The van der Waals surface area contributed by atoms with E-state index in [1.165, 1.54) is 28.0 Å². The Bertz CT molecular complexity index is 1110. The Balaban J connectivity index is 1.40. The molecule has 1 amide bonds. The molecule has 0 atom stereocenters. The van der Waals surface area contributed by atoms with Crippen molar-refractivity contribution in [3.05, 3.63) is 45.9 Å². The number of thiophene rings is 1. The van der Waals surface area contributed by atoms with Gasteiger partial charge in [0.15, 0.2) is 5.16 Å². The van der Waals surface area contributed by atoms with Gasteiger partial charge >= 0.3 is 5.97 Å². The molecular formula is C21H25N5O3S2. The van der Waals surface area contributed by atoms with Gasteiger partial charge in [-0.2, -0.15) is 0 Å². The number of ether oxygens (including phenoxy) is 1. The average Bonchev–Trinajstić information content (AvgIpc) is 3.48. The van der Waals surface area contributed by atoms with Gasteiger partial charge in [-0.1, -0.05) is 11.8 Å². The standard InChI is InChI=1S/C21H25N5O3S2/c1-4-29-20(28)18-14-8-5-9-15(14)31-19(18)22-17(27)12-30-21-24-23-16(26(21)3)11-13-7-6-10-25(13)2/h6-7,10H,4-5,8-9,11-12H2,1-3H3,(H,22,27). The fourth-order valence-corrected chi connectivity index (χ4v) is 5.69. The Morgan fingerprint density at radius 1 is 1.29 bits per heavy atom. The molecule has 3 heterocycles. The summed E-state index contributed by atoms with van der Waals surface area (Å²) in [7, 11) is 3.90. The number of nitrogens with one attached hydrogen (secondary N) is 1. The van der Waals surface area contributed by atoms with Crippen LogP contribution in [-0.2, 0) is 42.9 Å². The van der Waals surface area contributed by atoms with Crippen LogP contribution in [0, 0.1) is 0 Å². The van der Waals surface area contributed by atoms with Crippen molar-refractivity contribution in [3.63, 3.8) is 0 Å². The number of fused-ring (bicyclic) bond motifs is 1. The highest BCUT2D eigenvalue weighted by molar-refractivity contribution is 7.99. The van der Waals surface area contributed by atoms with Crippen LogP contribution in [0.4, 0.5) is 5.00 Å². The number of nitrogens with zero attached hydrogens (tertiary/aromatic N) is 4. The second kappa shape index (κ2) is 9.27. The van der Waals surface area contributed by atoms with E-state index in [1.807, 2.05) is 30.9 Å². The summed E-state index contributed by atoms with van der Waals surface area (Å²) in [4.78, 5) is 26.3. The lowest BCUT2D eigenvalue weighted by Crippen LogP contribution is -2.17. The minimum Gasteiger partial charge on any atom is -0.462 e. The van der Waals surface area contributed by atoms with E-state index in [-0.39, 0.29) is 17.6 Å². The van der Waals surface area contributed by atoms with E-state index in [4.69, 9.17) is 4.74 Å². The average molecular weight is 460 g/mol. The SMILES string of the molecule is CCOC(=O)c1c(NC(=O)CSc2nnc(Cc3cccn3C)n2C)sc2c1CCC2. The molecular weight excluding hydrogens is 434 g/mol. The summed E-state index contributed by atoms with van der Waals surface area (Å²) in [5.41, 5.74) is 2.70. The van der Waals surface area contributed by atoms with Crippen LogP contribution in [0.3, 0.4) is 0 Å². The molecule has 0 fully saturated rings. The van der Waals surface area contributed by atoms with Gasteiger partial charge in [-0.25, -0.2) is 4.79 Å². The minimum atomic E-state index is -0.358. The quantitative estimate of drug-likeness (QED) is 0.411. The van der Waals surface area contributed by atoms with Gasteiger partial charge in [0.2, 0.25) is 5.91 Å². The summed E-state index contributed by atoms with van der Waals surface area (Å²) in [6.07, 6.45) is 5.50. The molecule has 31 heavy (non-hydrogen) atoms. The number of rotatable bonds is 8. The van der Waals surface area contributed by atoms with Gasteiger partial charge in [-0.05, 0) is 43.9 Å². The Morgan fingerprint density at radius 3 is 2.87 bits per heavy atom. The molecule has 0 saturated carbocycles. The van der Waals surface area contributed by atoms with Gasteiger partial charge < -0.3 is 19.2 Å². The van der Waals surface area contributed by atoms with Crippen molar-refractivity contribution in [2.75, 3.05) is 17.7 Å². The lowest BCUT2D eigenvalue weighted by molar-refractivity contribution is -0.113. The summed E-state index contributed by atoms with van der Waals surface area (Å²) in [6, 6.07) is 4.05. The highest BCUT2D eigenvalue weighted by Gasteiger charge is 2.28. The van der Waals surface area contributed by atoms with Crippen LogP contribution < -0.4 is 5.32 Å². The number of aromatic nitrogens is 4. The first kappa shape index (κ1) is 21.6. The molecule has 0 saturated heterocycles. The van der Waals surface area contributed by atoms with Crippen LogP contribution in [0.15, 0.2) is 23.5 Å². The molecule has 3 aromatic rings. The van der Waals surface area contributed by atoms with Crippen molar-refractivity contribution in [1.29, 1.82) is 0 Å². The van der Waals surface area contributed by atoms with Crippen LogP contribution in [0.25, 0.3) is 0 Å². The molecule has 0 unspecified atom stereocenters. The summed E-state index contributed by atoms with van der Waals surface area (Å²) in [5, 5.41) is 12.7. The Hall–Kier alpha value is -2.59. The van der Waals surface area contributed by atoms with Gasteiger partial charge in [0.05, 0.1) is 17.9 Å². The van der Waals surface area contributed by atoms with Crippen molar-refractivity contribution in [3.8, 4) is 0 Å². The van der Waals surface area contributed by atoms with Crippen LogP contribution in [-0.4, -0.2) is 43.6 Å². The largest absolute Gasteiger partial charge is 0.462 e. The summed E-state index contributed by atoms with van der Waals surface area (Å²) in [6.45, 7) is 2.09. The molecule has 1 aliphatic carbocycles. The van der Waals surface area contributed by atoms with Crippen LogP contribution in [0.2, 0.25) is 0 Å². The smallest absolute Gasteiger partial charge is 0.341 e. The number of anilines is 1. The first-order valence-electron chi connectivity index (χ1n) is 10.2. The number of aryl methyl sites for hydroxylation is 2. The Labute approximate surface area is 189 Å². The van der Waals surface area contributed by atoms with Gasteiger partial charge in [-0.15, -0.1) is 21.5 Å². The number of carbonyl (C=O) groups is 2. The molecule has 1 aliphatic rings. The topological polar surface area (TPSA) is 91.0 Å². The summed E-state index contributed by atoms with van der Waals surface area (Å²) in [5.74, 6) is 0.482. The number of hydrogen-bond donors (Lipinski definition) is 1. The number of carbonyl (C=O) groups excluding carboxylic acids is 2. The van der Waals surface area contributed by atoms with Gasteiger partial charge in [0.25, 0.3) is 0 Å². The maximum Gasteiger partial charge on any atom is 0.341 e. The Morgan fingerprint density at radius 2 is 2.13 bits per heavy atom. The maximum absolute atomic E-state index is 12.6. The molecule has 0 spiro atoms. The van der Waals surface area contributed by atoms with Crippen LogP contribution in [0.1, 0.15) is 45.7 Å². The van der Waals surface area contributed by atoms with E-state index < -0.39 is 0 Å². The number of esters is 1. The molecule has 1 N–H and O–H groups in total. The number of amides is 1. The second-order valence-electron chi connectivity index (χ2n) is 7.36. The number of thioether (sulfide) groups is 1.